The maximum absolute atomic E-state index is 10.1. The molecule has 0 aliphatic carbocycles. The van der Waals surface area contributed by atoms with Crippen molar-refractivity contribution in [1.82, 2.24) is 0 Å². The van der Waals surface area contributed by atoms with Gasteiger partial charge in [0.15, 0.2) is 0 Å². The molecule has 0 fully saturated rings. The zero-order valence-corrected chi connectivity index (χ0v) is 15.5. The molecule has 2 atom stereocenters. The Morgan fingerprint density at radius 1 is 0.920 bits per heavy atom. The number of benzene rings is 3. The van der Waals surface area contributed by atoms with E-state index in [1.54, 1.807) is 6.07 Å². The van der Waals surface area contributed by atoms with Crippen molar-refractivity contribution in [3.63, 3.8) is 0 Å². The molecule has 0 aromatic heterocycles. The summed E-state index contributed by atoms with van der Waals surface area (Å²) in [5.74, 6) is 0.00344. The summed E-state index contributed by atoms with van der Waals surface area (Å²) in [5, 5.41) is 13.7. The van der Waals surface area contributed by atoms with E-state index in [2.05, 4.69) is 42.5 Å². The second-order valence-electron chi connectivity index (χ2n) is 6.32. The average Bonchev–Trinajstić information content (AvgIpc) is 2.61. The maximum Gasteiger partial charge on any atom is 0.0595 e. The first-order valence-electron chi connectivity index (χ1n) is 8.32. The van der Waals surface area contributed by atoms with Crippen molar-refractivity contribution in [2.75, 3.05) is 0 Å². The van der Waals surface area contributed by atoms with Gasteiger partial charge in [0, 0.05) is 5.92 Å². The first-order valence-corrected chi connectivity index (χ1v) is 9.07. The lowest BCUT2D eigenvalue weighted by Crippen LogP contribution is -2.16. The molecule has 1 N–H and O–H groups in total. The molecule has 0 heterocycles. The topological polar surface area (TPSA) is 20.2 Å². The number of halogens is 2. The second-order valence-corrected chi connectivity index (χ2v) is 7.14. The van der Waals surface area contributed by atoms with Gasteiger partial charge in [-0.25, -0.2) is 0 Å². The van der Waals surface area contributed by atoms with Gasteiger partial charge in [0.05, 0.1) is 16.1 Å². The van der Waals surface area contributed by atoms with Crippen LogP contribution in [0.2, 0.25) is 10.0 Å². The van der Waals surface area contributed by atoms with E-state index in [1.165, 1.54) is 10.8 Å². The Morgan fingerprint density at radius 2 is 1.68 bits per heavy atom. The molecule has 0 saturated carbocycles. The Kier molecular flexibility index (Phi) is 5.80. The van der Waals surface area contributed by atoms with Crippen molar-refractivity contribution >= 4 is 40.1 Å². The Bertz CT molecular complexity index is 899. The quantitative estimate of drug-likeness (QED) is 0.550. The molecule has 0 unspecified atom stereocenters. The monoisotopic (exact) mass is 370 g/mol. The van der Waals surface area contributed by atoms with Crippen molar-refractivity contribution < 1.29 is 5.11 Å². The van der Waals surface area contributed by atoms with Crippen LogP contribution in [0.1, 0.15) is 18.1 Å². The molecule has 0 spiro atoms. The third-order valence-corrected chi connectivity index (χ3v) is 5.12. The molecule has 0 bridgehead atoms. The van der Waals surface area contributed by atoms with Crippen LogP contribution in [0.4, 0.5) is 0 Å². The summed E-state index contributed by atoms with van der Waals surface area (Å²) in [6.07, 6.45) is 4.39. The normalized spacial score (nSPS) is 14.1. The molecular formula is C22H20Cl2O. The molecule has 1 nitrogen and oxygen atoms in total. The van der Waals surface area contributed by atoms with Crippen molar-refractivity contribution in [2.45, 2.75) is 19.4 Å². The zero-order valence-electron chi connectivity index (χ0n) is 14.0. The van der Waals surface area contributed by atoms with E-state index in [-0.39, 0.29) is 5.92 Å². The largest absolute Gasteiger partial charge is 0.393 e. The Morgan fingerprint density at radius 3 is 2.40 bits per heavy atom. The van der Waals surface area contributed by atoms with E-state index >= 15 is 0 Å². The summed E-state index contributed by atoms with van der Waals surface area (Å²) in [6, 6.07) is 20.3. The molecule has 3 aromatic carbocycles. The molecule has 3 heteroatoms. The fraction of sp³-hybridized carbons (Fsp3) is 0.182. The predicted octanol–water partition coefficient (Wildman–Crippen LogP) is 6.40. The van der Waals surface area contributed by atoms with Gasteiger partial charge in [-0.05, 0) is 53.4 Å². The SMILES string of the molecule is C[C@@H](O)[C@H](C=Cc1ccc2ccccc2c1)Cc1ccc(Cl)c(Cl)c1. The third-order valence-electron chi connectivity index (χ3n) is 4.38. The minimum absolute atomic E-state index is 0.00344. The van der Waals surface area contributed by atoms with Crippen LogP contribution in [0.3, 0.4) is 0 Å². The smallest absolute Gasteiger partial charge is 0.0595 e. The van der Waals surface area contributed by atoms with Gasteiger partial charge in [0.2, 0.25) is 0 Å². The van der Waals surface area contributed by atoms with E-state index in [0.717, 1.165) is 11.1 Å². The molecule has 0 radical (unpaired) electrons. The van der Waals surface area contributed by atoms with E-state index in [4.69, 9.17) is 23.2 Å². The van der Waals surface area contributed by atoms with Gasteiger partial charge in [-0.3, -0.25) is 0 Å². The van der Waals surface area contributed by atoms with Crippen molar-refractivity contribution in [3.8, 4) is 0 Å². The van der Waals surface area contributed by atoms with Crippen molar-refractivity contribution in [3.05, 3.63) is 87.9 Å². The van der Waals surface area contributed by atoms with Gasteiger partial charge >= 0.3 is 0 Å². The van der Waals surface area contributed by atoms with Gasteiger partial charge < -0.3 is 5.11 Å². The Balaban J connectivity index is 1.80. The fourth-order valence-corrected chi connectivity index (χ4v) is 3.21. The Labute approximate surface area is 158 Å². The summed E-state index contributed by atoms with van der Waals surface area (Å²) in [7, 11) is 0. The lowest BCUT2D eigenvalue weighted by molar-refractivity contribution is 0.149. The predicted molar refractivity (Wildman–Crippen MR) is 108 cm³/mol. The first kappa shape index (κ1) is 18.0. The highest BCUT2D eigenvalue weighted by Crippen LogP contribution is 2.25. The lowest BCUT2D eigenvalue weighted by atomic mass is 9.93. The average molecular weight is 371 g/mol. The van der Waals surface area contributed by atoms with Crippen LogP contribution in [0, 0.1) is 5.92 Å². The van der Waals surface area contributed by atoms with E-state index in [0.29, 0.717) is 16.5 Å². The highest BCUT2D eigenvalue weighted by atomic mass is 35.5. The summed E-state index contributed by atoms with van der Waals surface area (Å²) >= 11 is 12.1. The van der Waals surface area contributed by atoms with Crippen LogP contribution in [0.25, 0.3) is 16.8 Å². The molecular weight excluding hydrogens is 351 g/mol. The fourth-order valence-electron chi connectivity index (χ4n) is 2.88. The van der Waals surface area contributed by atoms with Gasteiger partial charge in [-0.15, -0.1) is 0 Å². The Hall–Kier alpha value is -1.80. The highest BCUT2D eigenvalue weighted by Gasteiger charge is 2.13. The minimum Gasteiger partial charge on any atom is -0.393 e. The lowest BCUT2D eigenvalue weighted by Gasteiger charge is -2.16. The number of aliphatic hydroxyl groups excluding tert-OH is 1. The summed E-state index contributed by atoms with van der Waals surface area (Å²) in [5.41, 5.74) is 2.18. The summed E-state index contributed by atoms with van der Waals surface area (Å²) < 4.78 is 0. The molecule has 3 aromatic rings. The number of fused-ring (bicyclic) bond motifs is 1. The van der Waals surface area contributed by atoms with Gasteiger partial charge in [0.1, 0.15) is 0 Å². The van der Waals surface area contributed by atoms with Crippen LogP contribution < -0.4 is 0 Å². The van der Waals surface area contributed by atoms with Crippen LogP contribution in [0.5, 0.6) is 0 Å². The molecule has 0 aliphatic rings. The number of hydrogen-bond donors (Lipinski definition) is 1. The van der Waals surface area contributed by atoms with E-state index in [9.17, 15) is 5.11 Å². The van der Waals surface area contributed by atoms with Crippen molar-refractivity contribution in [2.24, 2.45) is 5.92 Å². The summed E-state index contributed by atoms with van der Waals surface area (Å²) in [6.45, 7) is 1.81. The number of aliphatic hydroxyl groups is 1. The molecule has 25 heavy (non-hydrogen) atoms. The van der Waals surface area contributed by atoms with Crippen LogP contribution in [-0.4, -0.2) is 11.2 Å². The standard InChI is InChI=1S/C22H20Cl2O/c1-15(25)19(13-17-8-11-21(23)22(24)14-17)10-7-16-6-9-18-4-2-3-5-20(18)12-16/h2-12,14-15,19,25H,13H2,1H3/t15-,19-/m1/s1. The zero-order chi connectivity index (χ0) is 17.8. The molecule has 0 amide bonds. The summed E-state index contributed by atoms with van der Waals surface area (Å²) in [4.78, 5) is 0. The highest BCUT2D eigenvalue weighted by molar-refractivity contribution is 6.42. The van der Waals surface area contributed by atoms with E-state index in [1.807, 2.05) is 31.2 Å². The molecule has 0 aliphatic heterocycles. The van der Waals surface area contributed by atoms with Gasteiger partial charge in [0.25, 0.3) is 0 Å². The molecule has 3 rings (SSSR count). The third kappa shape index (κ3) is 4.64. The molecule has 128 valence electrons. The van der Waals surface area contributed by atoms with Gasteiger partial charge in [-0.1, -0.05) is 77.8 Å². The van der Waals surface area contributed by atoms with Gasteiger partial charge in [-0.2, -0.15) is 0 Å². The van der Waals surface area contributed by atoms with Crippen molar-refractivity contribution in [1.29, 1.82) is 0 Å². The molecule has 0 saturated heterocycles. The second kappa shape index (κ2) is 8.05. The van der Waals surface area contributed by atoms with Crippen LogP contribution in [0.15, 0.2) is 66.7 Å². The first-order chi connectivity index (χ1) is 12.0. The number of hydrogen-bond acceptors (Lipinski definition) is 1. The number of rotatable bonds is 5. The van der Waals surface area contributed by atoms with Crippen LogP contribution in [-0.2, 0) is 6.42 Å². The minimum atomic E-state index is -0.453. The maximum atomic E-state index is 10.1. The van der Waals surface area contributed by atoms with Crippen LogP contribution >= 0.6 is 23.2 Å². The van der Waals surface area contributed by atoms with E-state index < -0.39 is 6.10 Å².